The lowest BCUT2D eigenvalue weighted by atomic mass is 10.1. The van der Waals surface area contributed by atoms with E-state index in [1.165, 1.54) is 16.8 Å². The summed E-state index contributed by atoms with van der Waals surface area (Å²) in [7, 11) is 0. The molecule has 0 saturated carbocycles. The quantitative estimate of drug-likeness (QED) is 0.896. The zero-order valence-corrected chi connectivity index (χ0v) is 17.0. The van der Waals surface area contributed by atoms with E-state index >= 15 is 0 Å². The van der Waals surface area contributed by atoms with E-state index in [0.29, 0.717) is 5.56 Å². The maximum Gasteiger partial charge on any atom is 0.254 e. The number of pyridine rings is 1. The molecule has 2 aromatic rings. The fourth-order valence-electron chi connectivity index (χ4n) is 3.43. The van der Waals surface area contributed by atoms with Gasteiger partial charge in [-0.25, -0.2) is 4.98 Å². The molecule has 1 saturated heterocycles. The Morgan fingerprint density at radius 1 is 1.07 bits per heavy atom. The maximum absolute atomic E-state index is 12.9. The molecule has 1 fully saturated rings. The van der Waals surface area contributed by atoms with E-state index in [0.717, 1.165) is 32.0 Å². The number of aryl methyl sites for hydroxylation is 1. The van der Waals surface area contributed by atoms with Gasteiger partial charge >= 0.3 is 0 Å². The van der Waals surface area contributed by atoms with Crippen molar-refractivity contribution in [3.8, 4) is 0 Å². The summed E-state index contributed by atoms with van der Waals surface area (Å²) in [6, 6.07) is 10.1. The van der Waals surface area contributed by atoms with Crippen LogP contribution in [0.25, 0.3) is 0 Å². The summed E-state index contributed by atoms with van der Waals surface area (Å²) >= 11 is 0. The summed E-state index contributed by atoms with van der Waals surface area (Å²) in [6.45, 7) is 13.7. The number of nitrogens with zero attached hydrogens (tertiary/aromatic N) is 3. The Morgan fingerprint density at radius 3 is 2.44 bits per heavy atom. The standard InChI is InChI=1S/C22H30N4O/c1-16-7-6-8-19(17(16)2)25-11-13-26(14-12-25)21(27)18-9-10-23-20(15-18)24-22(3,4)5/h6-10,15H,11-14H2,1-5H3,(H,23,24). The topological polar surface area (TPSA) is 48.5 Å². The van der Waals surface area contributed by atoms with Gasteiger partial charge in [-0.15, -0.1) is 0 Å². The molecule has 27 heavy (non-hydrogen) atoms. The smallest absolute Gasteiger partial charge is 0.254 e. The lowest BCUT2D eigenvalue weighted by Crippen LogP contribution is -2.49. The zero-order valence-electron chi connectivity index (χ0n) is 17.0. The molecule has 5 heteroatoms. The van der Waals surface area contributed by atoms with E-state index in [-0.39, 0.29) is 11.4 Å². The molecule has 0 bridgehead atoms. The summed E-state index contributed by atoms with van der Waals surface area (Å²) in [6.07, 6.45) is 1.70. The Morgan fingerprint density at radius 2 is 1.78 bits per heavy atom. The predicted molar refractivity (Wildman–Crippen MR) is 112 cm³/mol. The minimum Gasteiger partial charge on any atom is -0.368 e. The molecular formula is C22H30N4O. The van der Waals surface area contributed by atoms with Gasteiger partial charge in [0.2, 0.25) is 0 Å². The molecule has 1 N–H and O–H groups in total. The van der Waals surface area contributed by atoms with Crippen LogP contribution in [0.2, 0.25) is 0 Å². The van der Waals surface area contributed by atoms with Gasteiger partial charge in [0.25, 0.3) is 5.91 Å². The molecule has 1 aromatic carbocycles. The average Bonchev–Trinajstić information content (AvgIpc) is 2.62. The van der Waals surface area contributed by atoms with E-state index in [2.05, 4.69) is 68.0 Å². The van der Waals surface area contributed by atoms with Crippen molar-refractivity contribution in [1.29, 1.82) is 0 Å². The molecule has 144 valence electrons. The van der Waals surface area contributed by atoms with Crippen molar-refractivity contribution in [1.82, 2.24) is 9.88 Å². The normalized spacial score (nSPS) is 15.0. The lowest BCUT2D eigenvalue weighted by molar-refractivity contribution is 0.0746. The van der Waals surface area contributed by atoms with Crippen LogP contribution < -0.4 is 10.2 Å². The van der Waals surface area contributed by atoms with Crippen molar-refractivity contribution in [2.45, 2.75) is 40.2 Å². The van der Waals surface area contributed by atoms with E-state index in [9.17, 15) is 4.79 Å². The molecule has 1 aliphatic heterocycles. The third-order valence-corrected chi connectivity index (χ3v) is 4.99. The second kappa shape index (κ2) is 7.59. The first kappa shape index (κ1) is 19.2. The largest absolute Gasteiger partial charge is 0.368 e. The van der Waals surface area contributed by atoms with Crippen LogP contribution in [0.5, 0.6) is 0 Å². The molecule has 0 atom stereocenters. The van der Waals surface area contributed by atoms with Crippen LogP contribution in [-0.4, -0.2) is 47.5 Å². The minimum absolute atomic E-state index is 0.0787. The number of benzene rings is 1. The number of carbonyl (C=O) groups excluding carboxylic acids is 1. The van der Waals surface area contributed by atoms with Crippen molar-refractivity contribution in [3.63, 3.8) is 0 Å². The molecule has 1 aromatic heterocycles. The second-order valence-corrected chi connectivity index (χ2v) is 8.30. The summed E-state index contributed by atoms with van der Waals surface area (Å²) in [5.41, 5.74) is 4.51. The van der Waals surface area contributed by atoms with E-state index in [1.807, 2.05) is 11.0 Å². The molecule has 2 heterocycles. The van der Waals surface area contributed by atoms with E-state index in [4.69, 9.17) is 0 Å². The van der Waals surface area contributed by atoms with Gasteiger partial charge in [0.05, 0.1) is 0 Å². The van der Waals surface area contributed by atoms with Crippen LogP contribution in [-0.2, 0) is 0 Å². The number of rotatable bonds is 3. The molecule has 0 unspecified atom stereocenters. The number of nitrogens with one attached hydrogen (secondary N) is 1. The minimum atomic E-state index is -0.0913. The van der Waals surface area contributed by atoms with Crippen LogP contribution in [0.1, 0.15) is 42.3 Å². The molecule has 0 aliphatic carbocycles. The van der Waals surface area contributed by atoms with Gasteiger partial charge in [-0.2, -0.15) is 0 Å². The number of piperazine rings is 1. The number of carbonyl (C=O) groups is 1. The number of aromatic nitrogens is 1. The highest BCUT2D eigenvalue weighted by atomic mass is 16.2. The second-order valence-electron chi connectivity index (χ2n) is 8.30. The van der Waals surface area contributed by atoms with Gasteiger partial charge in [0, 0.05) is 49.2 Å². The Hall–Kier alpha value is -2.56. The van der Waals surface area contributed by atoms with Crippen molar-refractivity contribution in [2.75, 3.05) is 36.4 Å². The van der Waals surface area contributed by atoms with Gasteiger partial charge in [0.1, 0.15) is 5.82 Å². The third-order valence-electron chi connectivity index (χ3n) is 4.99. The van der Waals surface area contributed by atoms with Crippen molar-refractivity contribution < 1.29 is 4.79 Å². The van der Waals surface area contributed by atoms with E-state index < -0.39 is 0 Å². The molecule has 5 nitrogen and oxygen atoms in total. The molecule has 1 aliphatic rings. The molecule has 1 amide bonds. The van der Waals surface area contributed by atoms with Crippen molar-refractivity contribution in [2.24, 2.45) is 0 Å². The van der Waals surface area contributed by atoms with Crippen molar-refractivity contribution >= 4 is 17.4 Å². The van der Waals surface area contributed by atoms with Gasteiger partial charge < -0.3 is 15.1 Å². The Balaban J connectivity index is 1.67. The number of anilines is 2. The Bertz CT molecular complexity index is 817. The molecular weight excluding hydrogens is 336 g/mol. The maximum atomic E-state index is 12.9. The number of amides is 1. The first-order chi connectivity index (χ1) is 12.7. The summed E-state index contributed by atoms with van der Waals surface area (Å²) < 4.78 is 0. The molecule has 3 rings (SSSR count). The van der Waals surface area contributed by atoms with Crippen LogP contribution in [0, 0.1) is 13.8 Å². The lowest BCUT2D eigenvalue weighted by Gasteiger charge is -2.37. The highest BCUT2D eigenvalue weighted by molar-refractivity contribution is 5.95. The SMILES string of the molecule is Cc1cccc(N2CCN(C(=O)c3ccnc(NC(C)(C)C)c3)CC2)c1C. The zero-order chi connectivity index (χ0) is 19.6. The molecule has 0 radical (unpaired) electrons. The predicted octanol–water partition coefficient (Wildman–Crippen LogP) is 3.87. The van der Waals surface area contributed by atoms with Gasteiger partial charge in [-0.1, -0.05) is 12.1 Å². The van der Waals surface area contributed by atoms with E-state index in [1.54, 1.807) is 12.3 Å². The number of hydrogen-bond acceptors (Lipinski definition) is 4. The average molecular weight is 367 g/mol. The van der Waals surface area contributed by atoms with Crippen LogP contribution in [0.15, 0.2) is 36.5 Å². The monoisotopic (exact) mass is 366 g/mol. The Kier molecular flexibility index (Phi) is 5.40. The Labute approximate surface area is 162 Å². The highest BCUT2D eigenvalue weighted by Crippen LogP contribution is 2.24. The summed E-state index contributed by atoms with van der Waals surface area (Å²) in [5, 5.41) is 3.33. The first-order valence-corrected chi connectivity index (χ1v) is 9.59. The van der Waals surface area contributed by atoms with Crippen LogP contribution in [0.4, 0.5) is 11.5 Å². The summed E-state index contributed by atoms with van der Waals surface area (Å²) in [4.78, 5) is 21.6. The fourth-order valence-corrected chi connectivity index (χ4v) is 3.43. The summed E-state index contributed by atoms with van der Waals surface area (Å²) in [5.74, 6) is 0.817. The highest BCUT2D eigenvalue weighted by Gasteiger charge is 2.23. The molecule has 0 spiro atoms. The van der Waals surface area contributed by atoms with Gasteiger partial charge in [-0.3, -0.25) is 4.79 Å². The van der Waals surface area contributed by atoms with Crippen LogP contribution in [0.3, 0.4) is 0 Å². The third kappa shape index (κ3) is 4.59. The fraction of sp³-hybridized carbons (Fsp3) is 0.455. The van der Waals surface area contributed by atoms with Crippen LogP contribution >= 0.6 is 0 Å². The first-order valence-electron chi connectivity index (χ1n) is 9.59. The van der Waals surface area contributed by atoms with Gasteiger partial charge in [0.15, 0.2) is 0 Å². The van der Waals surface area contributed by atoms with Crippen molar-refractivity contribution in [3.05, 3.63) is 53.2 Å². The van der Waals surface area contributed by atoms with Gasteiger partial charge in [-0.05, 0) is 63.9 Å². The number of hydrogen-bond donors (Lipinski definition) is 1.